The van der Waals surface area contributed by atoms with Crippen molar-refractivity contribution in [2.45, 2.75) is 26.7 Å². The predicted molar refractivity (Wildman–Crippen MR) is 63.8 cm³/mol. The Labute approximate surface area is 93.1 Å². The van der Waals surface area contributed by atoms with E-state index in [1.165, 1.54) is 52.1 Å². The summed E-state index contributed by atoms with van der Waals surface area (Å²) in [6.45, 7) is 12.3. The fourth-order valence-corrected chi connectivity index (χ4v) is 1.87. The molecule has 1 aliphatic heterocycles. The first-order valence-corrected chi connectivity index (χ1v) is 5.31. The summed E-state index contributed by atoms with van der Waals surface area (Å²) in [5.41, 5.74) is 0. The Kier molecular flexibility index (Phi) is 8.01. The summed E-state index contributed by atoms with van der Waals surface area (Å²) in [6, 6.07) is 0. The largest absolute Gasteiger partial charge is 0.301 e. The Balaban J connectivity index is 0.00000144. The molecule has 0 aromatic carbocycles. The monoisotopic (exact) mass is 250 g/mol. The van der Waals surface area contributed by atoms with Gasteiger partial charge in [0.15, 0.2) is 0 Å². The van der Waals surface area contributed by atoms with Crippen LogP contribution in [-0.2, 0) is 0 Å². The molecule has 0 aliphatic carbocycles. The van der Waals surface area contributed by atoms with Crippen molar-refractivity contribution in [3.8, 4) is 0 Å². The molecule has 1 rings (SSSR count). The average molecular weight is 251 g/mol. The first-order chi connectivity index (χ1) is 5.86. The summed E-state index contributed by atoms with van der Waals surface area (Å²) < 4.78 is 0. The van der Waals surface area contributed by atoms with Crippen molar-refractivity contribution in [3.63, 3.8) is 0 Å². The van der Waals surface area contributed by atoms with E-state index in [9.17, 15) is 0 Å². The van der Waals surface area contributed by atoms with E-state index in [-0.39, 0.29) is 17.0 Å². The zero-order chi connectivity index (χ0) is 8.81. The van der Waals surface area contributed by atoms with Gasteiger partial charge in [0.2, 0.25) is 0 Å². The van der Waals surface area contributed by atoms with Crippen LogP contribution in [0, 0.1) is 0 Å². The van der Waals surface area contributed by atoms with Gasteiger partial charge in [-0.25, -0.2) is 0 Å². The molecule has 1 heterocycles. The Morgan fingerprint density at radius 3 is 1.31 bits per heavy atom. The average Bonchev–Trinajstić information content (AvgIpc) is 2.09. The van der Waals surface area contributed by atoms with E-state index in [4.69, 9.17) is 0 Å². The molecule has 13 heavy (non-hydrogen) atoms. The van der Waals surface area contributed by atoms with Crippen molar-refractivity contribution in [2.75, 3.05) is 39.3 Å². The minimum atomic E-state index is 0. The molecule has 80 valence electrons. The topological polar surface area (TPSA) is 6.48 Å². The lowest BCUT2D eigenvalue weighted by Crippen LogP contribution is -2.46. The molecule has 0 amide bonds. The van der Waals surface area contributed by atoms with Gasteiger partial charge in [-0.15, -0.1) is 17.0 Å². The van der Waals surface area contributed by atoms with Crippen LogP contribution < -0.4 is 0 Å². The molecule has 3 heteroatoms. The smallest absolute Gasteiger partial charge is 0.0110 e. The summed E-state index contributed by atoms with van der Waals surface area (Å²) in [5, 5.41) is 0. The summed E-state index contributed by atoms with van der Waals surface area (Å²) in [7, 11) is 0. The molecule has 0 bridgehead atoms. The van der Waals surface area contributed by atoms with Gasteiger partial charge >= 0.3 is 0 Å². The van der Waals surface area contributed by atoms with Gasteiger partial charge in [0.25, 0.3) is 0 Å². The van der Waals surface area contributed by atoms with E-state index in [0.29, 0.717) is 0 Å². The van der Waals surface area contributed by atoms with Gasteiger partial charge in [0.1, 0.15) is 0 Å². The maximum Gasteiger partial charge on any atom is 0.0110 e. The van der Waals surface area contributed by atoms with Gasteiger partial charge in [0.05, 0.1) is 0 Å². The second-order valence-corrected chi connectivity index (χ2v) is 3.68. The van der Waals surface area contributed by atoms with Gasteiger partial charge in [-0.1, -0.05) is 13.8 Å². The second kappa shape index (κ2) is 7.77. The van der Waals surface area contributed by atoms with Gasteiger partial charge in [-0.3, -0.25) is 0 Å². The van der Waals surface area contributed by atoms with Crippen LogP contribution in [0.4, 0.5) is 0 Å². The van der Waals surface area contributed by atoms with Gasteiger partial charge in [0, 0.05) is 26.2 Å². The molecule has 0 aromatic heterocycles. The first-order valence-electron chi connectivity index (χ1n) is 5.31. The van der Waals surface area contributed by atoms with Crippen molar-refractivity contribution in [1.82, 2.24) is 9.80 Å². The molecular weight excluding hydrogens is 228 g/mol. The van der Waals surface area contributed by atoms with Crippen LogP contribution in [-0.4, -0.2) is 49.1 Å². The van der Waals surface area contributed by atoms with E-state index in [2.05, 4.69) is 23.6 Å². The Hall–Kier alpha value is 0.400. The van der Waals surface area contributed by atoms with Crippen LogP contribution in [0.25, 0.3) is 0 Å². The van der Waals surface area contributed by atoms with Crippen molar-refractivity contribution >= 4 is 17.0 Å². The molecule has 1 saturated heterocycles. The van der Waals surface area contributed by atoms with E-state index in [1.807, 2.05) is 0 Å². The third-order valence-electron chi connectivity index (χ3n) is 2.54. The van der Waals surface area contributed by atoms with Crippen LogP contribution in [0.3, 0.4) is 0 Å². The lowest BCUT2D eigenvalue weighted by Gasteiger charge is -2.34. The van der Waals surface area contributed by atoms with Crippen LogP contribution in [0.15, 0.2) is 0 Å². The Bertz CT molecular complexity index is 97.5. The normalized spacial score (nSPS) is 19.8. The predicted octanol–water partition coefficient (Wildman–Crippen LogP) is 2.00. The highest BCUT2D eigenvalue weighted by molar-refractivity contribution is 8.93. The maximum atomic E-state index is 2.58. The first kappa shape index (κ1) is 13.4. The number of piperazine rings is 1. The summed E-state index contributed by atoms with van der Waals surface area (Å²) in [4.78, 5) is 5.15. The third-order valence-corrected chi connectivity index (χ3v) is 2.54. The van der Waals surface area contributed by atoms with Crippen LogP contribution in [0.5, 0.6) is 0 Å². The molecule has 1 aliphatic rings. The third kappa shape index (κ3) is 4.99. The lowest BCUT2D eigenvalue weighted by atomic mass is 10.3. The van der Waals surface area contributed by atoms with E-state index >= 15 is 0 Å². The van der Waals surface area contributed by atoms with Gasteiger partial charge < -0.3 is 9.80 Å². The van der Waals surface area contributed by atoms with Crippen LogP contribution in [0.1, 0.15) is 26.7 Å². The highest BCUT2D eigenvalue weighted by Crippen LogP contribution is 2.02. The molecule has 0 spiro atoms. The lowest BCUT2D eigenvalue weighted by molar-refractivity contribution is 0.133. The van der Waals surface area contributed by atoms with Crippen LogP contribution >= 0.6 is 17.0 Å². The molecule has 0 N–H and O–H groups in total. The van der Waals surface area contributed by atoms with E-state index in [1.54, 1.807) is 0 Å². The SMILES string of the molecule is Br.CCCN1CCN(CCC)CC1. The Morgan fingerprint density at radius 2 is 1.08 bits per heavy atom. The van der Waals surface area contributed by atoms with Crippen molar-refractivity contribution in [1.29, 1.82) is 0 Å². The molecule has 0 aromatic rings. The number of hydrogen-bond donors (Lipinski definition) is 0. The Morgan fingerprint density at radius 1 is 0.769 bits per heavy atom. The zero-order valence-corrected chi connectivity index (χ0v) is 10.7. The highest BCUT2D eigenvalue weighted by atomic mass is 79.9. The summed E-state index contributed by atoms with van der Waals surface area (Å²) >= 11 is 0. The minimum Gasteiger partial charge on any atom is -0.301 e. The number of nitrogens with zero attached hydrogens (tertiary/aromatic N) is 2. The maximum absolute atomic E-state index is 2.58. The highest BCUT2D eigenvalue weighted by Gasteiger charge is 2.14. The van der Waals surface area contributed by atoms with E-state index in [0.717, 1.165) is 0 Å². The molecule has 0 unspecified atom stereocenters. The fraction of sp³-hybridized carbons (Fsp3) is 1.00. The standard InChI is InChI=1S/C10H22N2.BrH/c1-3-5-11-7-9-12(6-4-2)10-8-11;/h3-10H2,1-2H3;1H. The molecule has 0 saturated carbocycles. The van der Waals surface area contributed by atoms with Crippen molar-refractivity contribution in [2.24, 2.45) is 0 Å². The van der Waals surface area contributed by atoms with Crippen LogP contribution in [0.2, 0.25) is 0 Å². The van der Waals surface area contributed by atoms with Crippen molar-refractivity contribution < 1.29 is 0 Å². The fourth-order valence-electron chi connectivity index (χ4n) is 1.87. The van der Waals surface area contributed by atoms with Gasteiger partial charge in [-0.05, 0) is 25.9 Å². The molecule has 0 atom stereocenters. The number of halogens is 1. The molecular formula is C10H23BrN2. The van der Waals surface area contributed by atoms with E-state index < -0.39 is 0 Å². The molecule has 0 radical (unpaired) electrons. The quantitative estimate of drug-likeness (QED) is 0.754. The number of rotatable bonds is 4. The second-order valence-electron chi connectivity index (χ2n) is 3.68. The molecule has 1 fully saturated rings. The minimum absolute atomic E-state index is 0. The van der Waals surface area contributed by atoms with Gasteiger partial charge in [-0.2, -0.15) is 0 Å². The summed E-state index contributed by atoms with van der Waals surface area (Å²) in [6.07, 6.45) is 2.60. The number of hydrogen-bond acceptors (Lipinski definition) is 2. The van der Waals surface area contributed by atoms with Crippen molar-refractivity contribution in [3.05, 3.63) is 0 Å². The zero-order valence-electron chi connectivity index (χ0n) is 8.96. The summed E-state index contributed by atoms with van der Waals surface area (Å²) in [5.74, 6) is 0. The molecule has 2 nitrogen and oxygen atoms in total.